The van der Waals surface area contributed by atoms with E-state index < -0.39 is 5.97 Å². The maximum atomic E-state index is 10.7. The van der Waals surface area contributed by atoms with E-state index in [-0.39, 0.29) is 0 Å². The number of hydrogen-bond donors (Lipinski definition) is 1. The van der Waals surface area contributed by atoms with Gasteiger partial charge in [-0.25, -0.2) is 4.79 Å². The maximum absolute atomic E-state index is 10.7. The van der Waals surface area contributed by atoms with E-state index in [1.54, 1.807) is 6.08 Å². The highest BCUT2D eigenvalue weighted by atomic mass is 35.5. The molecule has 2 rings (SSSR count). The van der Waals surface area contributed by atoms with Crippen molar-refractivity contribution >= 4 is 34.5 Å². The molecule has 0 unspecified atom stereocenters. The third-order valence-electron chi connectivity index (χ3n) is 3.32. The van der Waals surface area contributed by atoms with Crippen LogP contribution in [0.3, 0.4) is 0 Å². The number of aromatic nitrogens is 1. The average molecular weight is 292 g/mol. The van der Waals surface area contributed by atoms with E-state index in [2.05, 4.69) is 11.5 Å². The van der Waals surface area contributed by atoms with Gasteiger partial charge in [0, 0.05) is 29.1 Å². The number of carbonyl (C=O) groups is 1. The number of unbranched alkanes of at least 4 members (excludes halogenated alkanes) is 1. The Morgan fingerprint density at radius 3 is 2.85 bits per heavy atom. The van der Waals surface area contributed by atoms with Crippen molar-refractivity contribution in [3.05, 3.63) is 40.6 Å². The van der Waals surface area contributed by atoms with E-state index in [0.29, 0.717) is 5.15 Å². The Morgan fingerprint density at radius 2 is 2.20 bits per heavy atom. The van der Waals surface area contributed by atoms with Crippen LogP contribution in [0.25, 0.3) is 17.0 Å². The summed E-state index contributed by atoms with van der Waals surface area (Å²) in [4.78, 5) is 10.7. The van der Waals surface area contributed by atoms with Crippen LogP contribution in [0.15, 0.2) is 24.3 Å². The van der Waals surface area contributed by atoms with Crippen molar-refractivity contribution in [2.24, 2.45) is 0 Å². The van der Waals surface area contributed by atoms with Crippen LogP contribution in [-0.4, -0.2) is 15.6 Å². The van der Waals surface area contributed by atoms with Crippen LogP contribution in [0.2, 0.25) is 5.15 Å². The smallest absolute Gasteiger partial charge is 0.328 e. The topological polar surface area (TPSA) is 42.2 Å². The molecule has 0 bridgehead atoms. The summed E-state index contributed by atoms with van der Waals surface area (Å²) in [5, 5.41) is 10.4. The molecule has 0 radical (unpaired) electrons. The van der Waals surface area contributed by atoms with Gasteiger partial charge in [-0.05, 0) is 31.6 Å². The summed E-state index contributed by atoms with van der Waals surface area (Å²) in [6.07, 6.45) is 4.84. The second-order valence-electron chi connectivity index (χ2n) is 4.90. The predicted molar refractivity (Wildman–Crippen MR) is 83.3 cm³/mol. The summed E-state index contributed by atoms with van der Waals surface area (Å²) < 4.78 is 2.06. The lowest BCUT2D eigenvalue weighted by molar-refractivity contribution is -0.131. The molecule has 0 fully saturated rings. The average Bonchev–Trinajstić information content (AvgIpc) is 2.65. The Labute approximate surface area is 123 Å². The monoisotopic (exact) mass is 291 g/mol. The fourth-order valence-electron chi connectivity index (χ4n) is 2.31. The molecule has 0 saturated carbocycles. The van der Waals surface area contributed by atoms with Crippen molar-refractivity contribution in [3.8, 4) is 0 Å². The lowest BCUT2D eigenvalue weighted by atomic mass is 10.1. The van der Waals surface area contributed by atoms with Gasteiger partial charge in [-0.2, -0.15) is 0 Å². The Bertz CT molecular complexity index is 671. The first kappa shape index (κ1) is 14.7. The highest BCUT2D eigenvalue weighted by molar-refractivity contribution is 6.33. The van der Waals surface area contributed by atoms with E-state index in [1.165, 1.54) is 0 Å². The molecule has 1 aromatic carbocycles. The molecule has 20 heavy (non-hydrogen) atoms. The number of fused-ring (bicyclic) bond motifs is 1. The zero-order chi connectivity index (χ0) is 14.7. The van der Waals surface area contributed by atoms with Gasteiger partial charge in [-0.15, -0.1) is 0 Å². The molecule has 1 aromatic heterocycles. The van der Waals surface area contributed by atoms with Gasteiger partial charge < -0.3 is 9.67 Å². The highest BCUT2D eigenvalue weighted by Crippen LogP contribution is 2.32. The van der Waals surface area contributed by atoms with Crippen molar-refractivity contribution < 1.29 is 9.90 Å². The summed E-state index contributed by atoms with van der Waals surface area (Å²) in [6.45, 7) is 4.99. The van der Waals surface area contributed by atoms with Crippen LogP contribution >= 0.6 is 11.6 Å². The summed E-state index contributed by atoms with van der Waals surface area (Å²) in [7, 11) is 0. The minimum absolute atomic E-state index is 0.608. The summed E-state index contributed by atoms with van der Waals surface area (Å²) in [5.74, 6) is -0.969. The molecule has 1 N–H and O–H groups in total. The molecular formula is C16H18ClNO2. The van der Waals surface area contributed by atoms with Crippen LogP contribution in [-0.2, 0) is 11.3 Å². The van der Waals surface area contributed by atoms with Gasteiger partial charge >= 0.3 is 5.97 Å². The third-order valence-corrected chi connectivity index (χ3v) is 3.73. The minimum Gasteiger partial charge on any atom is -0.478 e. The lowest BCUT2D eigenvalue weighted by Crippen LogP contribution is -1.97. The summed E-state index contributed by atoms with van der Waals surface area (Å²) >= 11 is 6.44. The number of aliphatic carboxylic acids is 1. The number of carboxylic acids is 1. The minimum atomic E-state index is -0.969. The number of aryl methyl sites for hydroxylation is 2. The van der Waals surface area contributed by atoms with Gasteiger partial charge in [0.15, 0.2) is 0 Å². The molecule has 3 nitrogen and oxygen atoms in total. The van der Waals surface area contributed by atoms with Crippen LogP contribution in [0, 0.1) is 6.92 Å². The second-order valence-corrected chi connectivity index (χ2v) is 5.26. The fourth-order valence-corrected chi connectivity index (χ4v) is 2.65. The molecule has 0 saturated heterocycles. The molecular weight excluding hydrogens is 274 g/mol. The number of benzene rings is 1. The van der Waals surface area contributed by atoms with Crippen LogP contribution in [0.5, 0.6) is 0 Å². The first-order valence-electron chi connectivity index (χ1n) is 6.74. The third kappa shape index (κ3) is 2.88. The van der Waals surface area contributed by atoms with Crippen molar-refractivity contribution in [3.63, 3.8) is 0 Å². The molecule has 0 spiro atoms. The van der Waals surface area contributed by atoms with Crippen LogP contribution in [0.1, 0.15) is 30.9 Å². The fraction of sp³-hybridized carbons (Fsp3) is 0.312. The Balaban J connectivity index is 2.62. The molecule has 0 amide bonds. The molecule has 0 aliphatic heterocycles. The number of rotatable bonds is 5. The number of hydrogen-bond acceptors (Lipinski definition) is 1. The van der Waals surface area contributed by atoms with Gasteiger partial charge in [0.05, 0.1) is 0 Å². The lowest BCUT2D eigenvalue weighted by Gasteiger charge is -2.05. The van der Waals surface area contributed by atoms with Gasteiger partial charge in [0.1, 0.15) is 5.15 Å². The second kappa shape index (κ2) is 6.14. The van der Waals surface area contributed by atoms with Gasteiger partial charge in [0.2, 0.25) is 0 Å². The molecule has 0 aliphatic rings. The Kier molecular flexibility index (Phi) is 4.50. The number of halogens is 1. The molecule has 2 aromatic rings. The summed E-state index contributed by atoms with van der Waals surface area (Å²) in [6, 6.07) is 6.14. The number of nitrogens with zero attached hydrogens (tertiary/aromatic N) is 1. The largest absolute Gasteiger partial charge is 0.478 e. The van der Waals surface area contributed by atoms with E-state index in [4.69, 9.17) is 16.7 Å². The van der Waals surface area contributed by atoms with Crippen molar-refractivity contribution in [2.75, 3.05) is 0 Å². The Hall–Kier alpha value is -1.74. The zero-order valence-corrected chi connectivity index (χ0v) is 12.4. The number of carboxylic acid groups (broad SMARTS) is 1. The Morgan fingerprint density at radius 1 is 1.45 bits per heavy atom. The summed E-state index contributed by atoms with van der Waals surface area (Å²) in [5.41, 5.74) is 2.97. The van der Waals surface area contributed by atoms with Gasteiger partial charge in [-0.3, -0.25) is 0 Å². The first-order valence-corrected chi connectivity index (χ1v) is 7.11. The zero-order valence-electron chi connectivity index (χ0n) is 11.7. The van der Waals surface area contributed by atoms with E-state index in [9.17, 15) is 4.79 Å². The van der Waals surface area contributed by atoms with Crippen LogP contribution < -0.4 is 0 Å². The highest BCUT2D eigenvalue weighted by Gasteiger charge is 2.13. The molecule has 0 atom stereocenters. The van der Waals surface area contributed by atoms with E-state index >= 15 is 0 Å². The van der Waals surface area contributed by atoms with Crippen molar-refractivity contribution in [1.82, 2.24) is 4.57 Å². The van der Waals surface area contributed by atoms with Crippen molar-refractivity contribution in [1.29, 1.82) is 0 Å². The SMILES string of the molecule is CCCCn1c(Cl)c(/C=C/C(=O)O)c2cc(C)ccc21. The molecule has 0 aliphatic carbocycles. The standard InChI is InChI=1S/C16H18ClNO2/c1-3-4-9-18-14-7-5-11(2)10-13(14)12(16(18)17)6-8-15(19)20/h5-8,10H,3-4,9H2,1-2H3,(H,19,20)/b8-6+. The normalized spacial score (nSPS) is 11.6. The van der Waals surface area contributed by atoms with E-state index in [0.717, 1.165) is 47.5 Å². The first-order chi connectivity index (χ1) is 9.54. The van der Waals surface area contributed by atoms with Gasteiger partial charge in [-0.1, -0.05) is 36.6 Å². The van der Waals surface area contributed by atoms with Crippen LogP contribution in [0.4, 0.5) is 0 Å². The van der Waals surface area contributed by atoms with Crippen molar-refractivity contribution in [2.45, 2.75) is 33.2 Å². The molecule has 1 heterocycles. The predicted octanol–water partition coefficient (Wildman–Crippen LogP) is 4.50. The van der Waals surface area contributed by atoms with Gasteiger partial charge in [0.25, 0.3) is 0 Å². The quantitative estimate of drug-likeness (QED) is 0.824. The molecule has 106 valence electrons. The van der Waals surface area contributed by atoms with E-state index in [1.807, 2.05) is 25.1 Å². The molecule has 4 heteroatoms. The maximum Gasteiger partial charge on any atom is 0.328 e.